The van der Waals surface area contributed by atoms with Crippen LogP contribution in [0.3, 0.4) is 0 Å². The standard InChI is InChI=1S/C18H25N3OS/c1-3-7-21-14(2)12-19-17(21)11-15-4-8-20(9-5-15)18(22)16-6-10-23-13-16/h6,10,12-13,15H,3-5,7-9,11H2,1-2H3. The van der Waals surface area contributed by atoms with Gasteiger partial charge in [0.1, 0.15) is 5.82 Å². The molecule has 1 amide bonds. The first-order chi connectivity index (χ1) is 11.2. The van der Waals surface area contributed by atoms with E-state index in [0.29, 0.717) is 5.92 Å². The van der Waals surface area contributed by atoms with Crippen molar-refractivity contribution in [1.82, 2.24) is 14.5 Å². The number of hydrogen-bond acceptors (Lipinski definition) is 3. The second-order valence-electron chi connectivity index (χ2n) is 6.42. The van der Waals surface area contributed by atoms with Crippen LogP contribution in [0.2, 0.25) is 0 Å². The van der Waals surface area contributed by atoms with E-state index in [0.717, 1.165) is 50.9 Å². The summed E-state index contributed by atoms with van der Waals surface area (Å²) in [7, 11) is 0. The van der Waals surface area contributed by atoms with Crippen LogP contribution in [0.15, 0.2) is 23.0 Å². The highest BCUT2D eigenvalue weighted by atomic mass is 32.1. The first kappa shape index (κ1) is 16.2. The van der Waals surface area contributed by atoms with Gasteiger partial charge in [0.05, 0.1) is 5.56 Å². The summed E-state index contributed by atoms with van der Waals surface area (Å²) >= 11 is 1.58. The molecular formula is C18H25N3OS. The lowest BCUT2D eigenvalue weighted by Crippen LogP contribution is -2.38. The molecule has 23 heavy (non-hydrogen) atoms. The molecular weight excluding hydrogens is 306 g/mol. The minimum atomic E-state index is 0.188. The van der Waals surface area contributed by atoms with Crippen LogP contribution in [0.1, 0.15) is 48.1 Å². The minimum absolute atomic E-state index is 0.188. The van der Waals surface area contributed by atoms with Crippen LogP contribution < -0.4 is 0 Å². The van der Waals surface area contributed by atoms with Gasteiger partial charge in [-0.3, -0.25) is 4.79 Å². The molecule has 1 aliphatic rings. The van der Waals surface area contributed by atoms with Crippen molar-refractivity contribution in [2.24, 2.45) is 5.92 Å². The number of rotatable bonds is 5. The molecule has 3 rings (SSSR count). The number of amides is 1. The van der Waals surface area contributed by atoms with E-state index < -0.39 is 0 Å². The topological polar surface area (TPSA) is 38.1 Å². The fraction of sp³-hybridized carbons (Fsp3) is 0.556. The summed E-state index contributed by atoms with van der Waals surface area (Å²) in [6.07, 6.45) is 6.31. The van der Waals surface area contributed by atoms with E-state index in [2.05, 4.69) is 23.4 Å². The zero-order valence-corrected chi connectivity index (χ0v) is 14.8. The lowest BCUT2D eigenvalue weighted by atomic mass is 9.93. The fourth-order valence-corrected chi connectivity index (χ4v) is 4.00. The Labute approximate surface area is 142 Å². The number of likely N-dealkylation sites (tertiary alicyclic amines) is 1. The Morgan fingerprint density at radius 3 is 2.83 bits per heavy atom. The van der Waals surface area contributed by atoms with Crippen molar-refractivity contribution in [3.8, 4) is 0 Å². The number of aromatic nitrogens is 2. The number of nitrogens with zero attached hydrogens (tertiary/aromatic N) is 3. The number of carbonyl (C=O) groups excluding carboxylic acids is 1. The maximum atomic E-state index is 12.4. The molecule has 124 valence electrons. The zero-order chi connectivity index (χ0) is 16.2. The van der Waals surface area contributed by atoms with Gasteiger partial charge in [-0.05, 0) is 43.6 Å². The lowest BCUT2D eigenvalue weighted by molar-refractivity contribution is 0.0690. The number of imidazole rings is 1. The van der Waals surface area contributed by atoms with Crippen LogP contribution in [0, 0.1) is 12.8 Å². The van der Waals surface area contributed by atoms with Gasteiger partial charge in [-0.2, -0.15) is 11.3 Å². The molecule has 0 radical (unpaired) electrons. The van der Waals surface area contributed by atoms with Crippen LogP contribution in [0.5, 0.6) is 0 Å². The molecule has 0 saturated carbocycles. The molecule has 3 heterocycles. The number of piperidine rings is 1. The maximum Gasteiger partial charge on any atom is 0.254 e. The molecule has 1 fully saturated rings. The van der Waals surface area contributed by atoms with E-state index >= 15 is 0 Å². The molecule has 5 heteroatoms. The maximum absolute atomic E-state index is 12.4. The van der Waals surface area contributed by atoms with Gasteiger partial charge in [-0.15, -0.1) is 0 Å². The van der Waals surface area contributed by atoms with Gasteiger partial charge in [0.25, 0.3) is 5.91 Å². The molecule has 0 aliphatic carbocycles. The third-order valence-electron chi connectivity index (χ3n) is 4.73. The third kappa shape index (κ3) is 3.66. The van der Waals surface area contributed by atoms with Gasteiger partial charge < -0.3 is 9.47 Å². The number of aryl methyl sites for hydroxylation is 1. The predicted molar refractivity (Wildman–Crippen MR) is 93.9 cm³/mol. The fourth-order valence-electron chi connectivity index (χ4n) is 3.37. The van der Waals surface area contributed by atoms with E-state index in [-0.39, 0.29) is 5.91 Å². The number of carbonyl (C=O) groups is 1. The highest BCUT2D eigenvalue weighted by Gasteiger charge is 2.25. The summed E-state index contributed by atoms with van der Waals surface area (Å²) in [6.45, 7) is 7.13. The Kier molecular flexibility index (Phi) is 5.16. The second-order valence-corrected chi connectivity index (χ2v) is 7.20. The van der Waals surface area contributed by atoms with Gasteiger partial charge in [-0.1, -0.05) is 6.92 Å². The van der Waals surface area contributed by atoms with Gasteiger partial charge in [-0.25, -0.2) is 4.98 Å². The third-order valence-corrected chi connectivity index (χ3v) is 5.41. The summed E-state index contributed by atoms with van der Waals surface area (Å²) < 4.78 is 2.35. The first-order valence-electron chi connectivity index (χ1n) is 8.51. The molecule has 0 N–H and O–H groups in total. The molecule has 0 bridgehead atoms. The molecule has 2 aromatic heterocycles. The van der Waals surface area contributed by atoms with E-state index in [1.54, 1.807) is 11.3 Å². The first-order valence-corrected chi connectivity index (χ1v) is 9.45. The van der Waals surface area contributed by atoms with Crippen molar-refractivity contribution >= 4 is 17.2 Å². The Balaban J connectivity index is 1.56. The number of thiophene rings is 1. The molecule has 1 aliphatic heterocycles. The highest BCUT2D eigenvalue weighted by Crippen LogP contribution is 2.23. The van der Waals surface area contributed by atoms with E-state index in [4.69, 9.17) is 0 Å². The van der Waals surface area contributed by atoms with Crippen LogP contribution in [0.4, 0.5) is 0 Å². The molecule has 0 unspecified atom stereocenters. The summed E-state index contributed by atoms with van der Waals surface area (Å²) in [5, 5.41) is 3.91. The summed E-state index contributed by atoms with van der Waals surface area (Å²) in [4.78, 5) is 19.0. The molecule has 1 saturated heterocycles. The Morgan fingerprint density at radius 2 is 2.17 bits per heavy atom. The van der Waals surface area contributed by atoms with Crippen LogP contribution >= 0.6 is 11.3 Å². The van der Waals surface area contributed by atoms with Crippen molar-refractivity contribution in [2.75, 3.05) is 13.1 Å². The van der Waals surface area contributed by atoms with Crippen molar-refractivity contribution in [1.29, 1.82) is 0 Å². The normalized spacial score (nSPS) is 16.0. The average molecular weight is 331 g/mol. The van der Waals surface area contributed by atoms with Crippen molar-refractivity contribution in [3.63, 3.8) is 0 Å². The Morgan fingerprint density at radius 1 is 1.39 bits per heavy atom. The molecule has 0 aromatic carbocycles. The highest BCUT2D eigenvalue weighted by molar-refractivity contribution is 7.08. The van der Waals surface area contributed by atoms with Crippen molar-refractivity contribution < 1.29 is 4.79 Å². The van der Waals surface area contributed by atoms with Crippen LogP contribution in [0.25, 0.3) is 0 Å². The Hall–Kier alpha value is -1.62. The molecule has 2 aromatic rings. The summed E-state index contributed by atoms with van der Waals surface area (Å²) in [5.41, 5.74) is 2.09. The summed E-state index contributed by atoms with van der Waals surface area (Å²) in [6, 6.07) is 1.92. The van der Waals surface area contributed by atoms with Crippen molar-refractivity contribution in [3.05, 3.63) is 40.1 Å². The van der Waals surface area contributed by atoms with Crippen molar-refractivity contribution in [2.45, 2.75) is 46.1 Å². The zero-order valence-electron chi connectivity index (χ0n) is 14.0. The average Bonchev–Trinajstić information content (AvgIpc) is 3.21. The van der Waals surface area contributed by atoms with Gasteiger partial charge in [0.2, 0.25) is 0 Å². The summed E-state index contributed by atoms with van der Waals surface area (Å²) in [5.74, 6) is 2.04. The molecule has 4 nitrogen and oxygen atoms in total. The second kappa shape index (κ2) is 7.30. The SMILES string of the molecule is CCCn1c(C)cnc1CC1CCN(C(=O)c2ccsc2)CC1. The largest absolute Gasteiger partial charge is 0.339 e. The smallest absolute Gasteiger partial charge is 0.254 e. The number of hydrogen-bond donors (Lipinski definition) is 0. The van der Waals surface area contributed by atoms with Gasteiger partial charge in [0.15, 0.2) is 0 Å². The quantitative estimate of drug-likeness (QED) is 0.837. The lowest BCUT2D eigenvalue weighted by Gasteiger charge is -2.32. The van der Waals surface area contributed by atoms with Gasteiger partial charge in [0, 0.05) is 43.3 Å². The monoisotopic (exact) mass is 331 g/mol. The van der Waals surface area contributed by atoms with E-state index in [1.165, 1.54) is 11.5 Å². The molecule has 0 atom stereocenters. The molecule has 0 spiro atoms. The van der Waals surface area contributed by atoms with Crippen LogP contribution in [-0.2, 0) is 13.0 Å². The van der Waals surface area contributed by atoms with Gasteiger partial charge >= 0.3 is 0 Å². The predicted octanol–water partition coefficient (Wildman–Crippen LogP) is 3.76. The van der Waals surface area contributed by atoms with E-state index in [9.17, 15) is 4.79 Å². The van der Waals surface area contributed by atoms with E-state index in [1.807, 2.05) is 27.9 Å². The van der Waals surface area contributed by atoms with Crippen LogP contribution in [-0.4, -0.2) is 33.4 Å². The Bertz CT molecular complexity index is 639. The minimum Gasteiger partial charge on any atom is -0.339 e.